The van der Waals surface area contributed by atoms with E-state index in [-0.39, 0.29) is 18.0 Å². The summed E-state index contributed by atoms with van der Waals surface area (Å²) >= 11 is 0. The van der Waals surface area contributed by atoms with E-state index in [0.717, 1.165) is 11.6 Å². The molecule has 1 aliphatic rings. The standard InChI is InChI=1S/C18H14N2O3/c1-2-15(21)19-14-10-6-9-13-16(14)18(23)20(17(13)22)11-12-7-4-3-5-8-12/h2-10H,1,11H2,(H,19,21). The molecule has 1 heterocycles. The summed E-state index contributed by atoms with van der Waals surface area (Å²) in [7, 11) is 0. The fraction of sp³-hybridized carbons (Fsp3) is 0.0556. The van der Waals surface area contributed by atoms with Gasteiger partial charge in [-0.15, -0.1) is 0 Å². The fourth-order valence-corrected chi connectivity index (χ4v) is 2.53. The number of nitrogens with one attached hydrogen (secondary N) is 1. The predicted octanol–water partition coefficient (Wildman–Crippen LogP) is 2.61. The summed E-state index contributed by atoms with van der Waals surface area (Å²) in [6.07, 6.45) is 1.11. The fourth-order valence-electron chi connectivity index (χ4n) is 2.53. The van der Waals surface area contributed by atoms with Crippen LogP contribution in [0.1, 0.15) is 26.3 Å². The molecule has 3 amide bonds. The molecule has 0 aromatic heterocycles. The van der Waals surface area contributed by atoms with Gasteiger partial charge in [0.25, 0.3) is 11.8 Å². The van der Waals surface area contributed by atoms with Crippen LogP contribution < -0.4 is 5.32 Å². The lowest BCUT2D eigenvalue weighted by Crippen LogP contribution is -2.29. The minimum Gasteiger partial charge on any atom is -0.322 e. The molecule has 3 rings (SSSR count). The zero-order valence-electron chi connectivity index (χ0n) is 12.3. The summed E-state index contributed by atoms with van der Waals surface area (Å²) in [4.78, 5) is 37.8. The third-order valence-corrected chi connectivity index (χ3v) is 3.63. The van der Waals surface area contributed by atoms with Crippen LogP contribution in [-0.2, 0) is 11.3 Å². The molecule has 1 aliphatic heterocycles. The van der Waals surface area contributed by atoms with Crippen LogP contribution in [0.15, 0.2) is 61.2 Å². The number of carbonyl (C=O) groups is 3. The first kappa shape index (κ1) is 14.7. The van der Waals surface area contributed by atoms with Gasteiger partial charge in [0, 0.05) is 0 Å². The molecule has 114 valence electrons. The minimum atomic E-state index is -0.430. The highest BCUT2D eigenvalue weighted by Gasteiger charge is 2.37. The Bertz CT molecular complexity index is 812. The number of amides is 3. The van der Waals surface area contributed by atoms with Crippen LogP contribution in [0.25, 0.3) is 0 Å². The van der Waals surface area contributed by atoms with Gasteiger partial charge in [-0.05, 0) is 23.8 Å². The number of carbonyl (C=O) groups excluding carboxylic acids is 3. The van der Waals surface area contributed by atoms with Crippen molar-refractivity contribution >= 4 is 23.4 Å². The Morgan fingerprint density at radius 3 is 2.48 bits per heavy atom. The molecule has 0 aliphatic carbocycles. The molecule has 23 heavy (non-hydrogen) atoms. The summed E-state index contributed by atoms with van der Waals surface area (Å²) in [5.74, 6) is -1.20. The zero-order chi connectivity index (χ0) is 16.4. The third kappa shape index (κ3) is 2.64. The van der Waals surface area contributed by atoms with E-state index in [1.54, 1.807) is 18.2 Å². The lowest BCUT2D eigenvalue weighted by molar-refractivity contribution is -0.111. The molecule has 0 saturated heterocycles. The van der Waals surface area contributed by atoms with Gasteiger partial charge in [0.05, 0.1) is 23.4 Å². The number of hydrogen-bond donors (Lipinski definition) is 1. The van der Waals surface area contributed by atoms with E-state index in [1.165, 1.54) is 4.90 Å². The molecule has 2 aromatic rings. The molecule has 0 atom stereocenters. The number of hydrogen-bond acceptors (Lipinski definition) is 3. The van der Waals surface area contributed by atoms with Gasteiger partial charge >= 0.3 is 0 Å². The summed E-state index contributed by atoms with van der Waals surface area (Å²) < 4.78 is 0. The van der Waals surface area contributed by atoms with E-state index in [9.17, 15) is 14.4 Å². The van der Waals surface area contributed by atoms with Crippen molar-refractivity contribution < 1.29 is 14.4 Å². The third-order valence-electron chi connectivity index (χ3n) is 3.63. The number of imide groups is 1. The van der Waals surface area contributed by atoms with Crippen LogP contribution >= 0.6 is 0 Å². The second kappa shape index (κ2) is 5.88. The molecular formula is C18H14N2O3. The van der Waals surface area contributed by atoms with E-state index >= 15 is 0 Å². The quantitative estimate of drug-likeness (QED) is 0.697. The first-order valence-electron chi connectivity index (χ1n) is 7.08. The molecule has 5 nitrogen and oxygen atoms in total. The predicted molar refractivity (Wildman–Crippen MR) is 85.9 cm³/mol. The molecule has 0 unspecified atom stereocenters. The summed E-state index contributed by atoms with van der Waals surface area (Å²) in [6, 6.07) is 14.1. The molecule has 2 aromatic carbocycles. The summed E-state index contributed by atoms with van der Waals surface area (Å²) in [5, 5.41) is 2.57. The van der Waals surface area contributed by atoms with Gasteiger partial charge in [-0.3, -0.25) is 19.3 Å². The van der Waals surface area contributed by atoms with E-state index in [4.69, 9.17) is 0 Å². The number of benzene rings is 2. The highest BCUT2D eigenvalue weighted by Crippen LogP contribution is 2.30. The van der Waals surface area contributed by atoms with Crippen molar-refractivity contribution in [1.29, 1.82) is 0 Å². The Morgan fingerprint density at radius 1 is 1.04 bits per heavy atom. The van der Waals surface area contributed by atoms with Crippen molar-refractivity contribution in [3.63, 3.8) is 0 Å². The molecule has 5 heteroatoms. The maximum atomic E-state index is 12.6. The molecule has 0 radical (unpaired) electrons. The Labute approximate surface area is 133 Å². The molecular weight excluding hydrogens is 292 g/mol. The zero-order valence-corrected chi connectivity index (χ0v) is 12.3. The summed E-state index contributed by atoms with van der Waals surface area (Å²) in [5.41, 5.74) is 1.71. The number of fused-ring (bicyclic) bond motifs is 1. The maximum Gasteiger partial charge on any atom is 0.263 e. The second-order valence-corrected chi connectivity index (χ2v) is 5.10. The van der Waals surface area contributed by atoms with E-state index in [2.05, 4.69) is 11.9 Å². The van der Waals surface area contributed by atoms with Gasteiger partial charge in [0.1, 0.15) is 0 Å². The SMILES string of the molecule is C=CC(=O)Nc1cccc2c1C(=O)N(Cc1ccccc1)C2=O. The molecule has 0 fully saturated rings. The van der Waals surface area contributed by atoms with Crippen LogP contribution in [0, 0.1) is 0 Å². The molecule has 0 bridgehead atoms. The average Bonchev–Trinajstić information content (AvgIpc) is 2.81. The highest BCUT2D eigenvalue weighted by molar-refractivity contribution is 6.24. The topological polar surface area (TPSA) is 66.5 Å². The Hall–Kier alpha value is -3.21. The van der Waals surface area contributed by atoms with Gasteiger partial charge in [-0.2, -0.15) is 0 Å². The molecule has 1 N–H and O–H groups in total. The maximum absolute atomic E-state index is 12.6. The largest absolute Gasteiger partial charge is 0.322 e. The van der Waals surface area contributed by atoms with Crippen LogP contribution in [0.2, 0.25) is 0 Å². The van der Waals surface area contributed by atoms with Crippen LogP contribution in [-0.4, -0.2) is 22.6 Å². The number of anilines is 1. The molecule has 0 saturated carbocycles. The van der Waals surface area contributed by atoms with Crippen molar-refractivity contribution in [2.75, 3.05) is 5.32 Å². The number of nitrogens with zero attached hydrogens (tertiary/aromatic N) is 1. The number of rotatable bonds is 4. The van der Waals surface area contributed by atoms with Gasteiger partial charge in [0.15, 0.2) is 0 Å². The normalized spacial score (nSPS) is 13.0. The lowest BCUT2D eigenvalue weighted by Gasteiger charge is -2.14. The van der Waals surface area contributed by atoms with Gasteiger partial charge in [0.2, 0.25) is 5.91 Å². The van der Waals surface area contributed by atoms with Crippen molar-refractivity contribution in [1.82, 2.24) is 4.90 Å². The average molecular weight is 306 g/mol. The molecule has 0 spiro atoms. The van der Waals surface area contributed by atoms with Crippen molar-refractivity contribution in [2.45, 2.75) is 6.54 Å². The van der Waals surface area contributed by atoms with Crippen molar-refractivity contribution in [3.05, 3.63) is 77.9 Å². The Morgan fingerprint density at radius 2 is 1.78 bits per heavy atom. The second-order valence-electron chi connectivity index (χ2n) is 5.10. The van der Waals surface area contributed by atoms with Crippen LogP contribution in [0.4, 0.5) is 5.69 Å². The van der Waals surface area contributed by atoms with E-state index in [1.807, 2.05) is 30.3 Å². The van der Waals surface area contributed by atoms with E-state index < -0.39 is 11.8 Å². The van der Waals surface area contributed by atoms with Gasteiger partial charge < -0.3 is 5.32 Å². The van der Waals surface area contributed by atoms with Crippen molar-refractivity contribution in [2.24, 2.45) is 0 Å². The van der Waals surface area contributed by atoms with Gasteiger partial charge in [-0.1, -0.05) is 43.0 Å². The van der Waals surface area contributed by atoms with Crippen molar-refractivity contribution in [3.8, 4) is 0 Å². The van der Waals surface area contributed by atoms with Crippen LogP contribution in [0.3, 0.4) is 0 Å². The lowest BCUT2D eigenvalue weighted by atomic mass is 10.1. The first-order valence-corrected chi connectivity index (χ1v) is 7.08. The summed E-state index contributed by atoms with van der Waals surface area (Å²) in [6.45, 7) is 3.58. The Kier molecular flexibility index (Phi) is 3.76. The highest BCUT2D eigenvalue weighted by atomic mass is 16.2. The monoisotopic (exact) mass is 306 g/mol. The first-order chi connectivity index (χ1) is 11.1. The van der Waals surface area contributed by atoms with E-state index in [0.29, 0.717) is 11.3 Å². The van der Waals surface area contributed by atoms with Gasteiger partial charge in [-0.25, -0.2) is 0 Å². The Balaban J connectivity index is 1.95. The smallest absolute Gasteiger partial charge is 0.263 e. The van der Waals surface area contributed by atoms with Crippen LogP contribution in [0.5, 0.6) is 0 Å². The minimum absolute atomic E-state index is 0.196.